The molecule has 2 aromatic rings. The Bertz CT molecular complexity index is 568. The molecule has 1 aliphatic heterocycles. The van der Waals surface area contributed by atoms with Crippen LogP contribution in [-0.2, 0) is 13.1 Å². The lowest BCUT2D eigenvalue weighted by atomic mass is 10.1. The van der Waals surface area contributed by atoms with E-state index in [1.165, 1.54) is 12.1 Å². The molecule has 2 heterocycles. The number of fused-ring (bicyclic) bond motifs is 1. The molecule has 0 spiro atoms. The third-order valence-electron chi connectivity index (χ3n) is 3.45. The molecule has 0 saturated heterocycles. The lowest BCUT2D eigenvalue weighted by molar-refractivity contribution is 0.205. The first-order valence-electron chi connectivity index (χ1n) is 6.32. The van der Waals surface area contributed by atoms with E-state index >= 15 is 0 Å². The van der Waals surface area contributed by atoms with Crippen molar-refractivity contribution in [3.05, 3.63) is 47.8 Å². The third kappa shape index (κ3) is 2.64. The van der Waals surface area contributed by atoms with Gasteiger partial charge in [0.05, 0.1) is 6.54 Å². The van der Waals surface area contributed by atoms with Gasteiger partial charge in [-0.3, -0.25) is 4.90 Å². The zero-order chi connectivity index (χ0) is 13.2. The van der Waals surface area contributed by atoms with E-state index in [-0.39, 0.29) is 11.9 Å². The van der Waals surface area contributed by atoms with Crippen LogP contribution in [0, 0.1) is 5.82 Å². The van der Waals surface area contributed by atoms with E-state index in [4.69, 9.17) is 5.73 Å². The van der Waals surface area contributed by atoms with Crippen LogP contribution in [0.2, 0.25) is 0 Å². The molecule has 2 N–H and O–H groups in total. The van der Waals surface area contributed by atoms with Crippen molar-refractivity contribution in [2.75, 3.05) is 13.1 Å². The van der Waals surface area contributed by atoms with E-state index in [0.29, 0.717) is 6.54 Å². The monoisotopic (exact) mass is 261 g/mol. The van der Waals surface area contributed by atoms with Gasteiger partial charge in [0.2, 0.25) is 0 Å². The van der Waals surface area contributed by atoms with E-state index in [1.54, 1.807) is 12.4 Å². The highest BCUT2D eigenvalue weighted by molar-refractivity contribution is 5.20. The van der Waals surface area contributed by atoms with Gasteiger partial charge in [-0.25, -0.2) is 4.39 Å². The van der Waals surface area contributed by atoms with Gasteiger partial charge in [-0.15, -0.1) is 10.2 Å². The Hall–Kier alpha value is -1.79. The summed E-state index contributed by atoms with van der Waals surface area (Å²) in [4.78, 5) is 2.22. The van der Waals surface area contributed by atoms with Gasteiger partial charge in [0, 0.05) is 25.7 Å². The summed E-state index contributed by atoms with van der Waals surface area (Å²) in [6, 6.07) is 6.29. The predicted molar refractivity (Wildman–Crippen MR) is 68.6 cm³/mol. The van der Waals surface area contributed by atoms with Gasteiger partial charge in [-0.2, -0.15) is 0 Å². The predicted octanol–water partition coefficient (Wildman–Crippen LogP) is 0.933. The highest BCUT2D eigenvalue weighted by Crippen LogP contribution is 2.16. The molecular formula is C13H16FN5. The van der Waals surface area contributed by atoms with Crippen molar-refractivity contribution >= 4 is 0 Å². The van der Waals surface area contributed by atoms with E-state index < -0.39 is 0 Å². The maximum Gasteiger partial charge on any atom is 0.147 e. The number of halogens is 1. The van der Waals surface area contributed by atoms with Gasteiger partial charge in [0.15, 0.2) is 0 Å². The number of nitrogens with zero attached hydrogens (tertiary/aromatic N) is 4. The number of nitrogens with two attached hydrogens (primary N) is 1. The van der Waals surface area contributed by atoms with Crippen LogP contribution in [0.25, 0.3) is 0 Å². The summed E-state index contributed by atoms with van der Waals surface area (Å²) in [5.41, 5.74) is 6.96. The second-order valence-electron chi connectivity index (χ2n) is 4.84. The van der Waals surface area contributed by atoms with Crippen molar-refractivity contribution < 1.29 is 4.39 Å². The summed E-state index contributed by atoms with van der Waals surface area (Å²) in [7, 11) is 0. The summed E-state index contributed by atoms with van der Waals surface area (Å²) in [6.45, 7) is 3.21. The fourth-order valence-corrected chi connectivity index (χ4v) is 2.39. The average molecular weight is 261 g/mol. The number of rotatable bonds is 3. The molecule has 6 heteroatoms. The van der Waals surface area contributed by atoms with Gasteiger partial charge in [0.1, 0.15) is 18.0 Å². The molecule has 0 fully saturated rings. The zero-order valence-electron chi connectivity index (χ0n) is 10.5. The minimum atomic E-state index is -0.244. The van der Waals surface area contributed by atoms with E-state index in [2.05, 4.69) is 15.1 Å². The zero-order valence-corrected chi connectivity index (χ0v) is 10.5. The number of hydrogen-bond donors (Lipinski definition) is 1. The number of aromatic nitrogens is 3. The smallest absolute Gasteiger partial charge is 0.147 e. The number of hydrogen-bond acceptors (Lipinski definition) is 4. The minimum Gasteiger partial charge on any atom is -0.323 e. The first-order valence-corrected chi connectivity index (χ1v) is 6.32. The standard InChI is InChI=1S/C13H16FN5/c14-11-3-1-2-10(6-11)12(15)7-18-4-5-19-9-16-17-13(19)8-18/h1-3,6,9,12H,4-5,7-8,15H2. The summed E-state index contributed by atoms with van der Waals surface area (Å²) < 4.78 is 15.2. The molecule has 0 aliphatic carbocycles. The largest absolute Gasteiger partial charge is 0.323 e. The molecule has 3 rings (SSSR count). The molecule has 0 bridgehead atoms. The summed E-state index contributed by atoms with van der Waals surface area (Å²) in [6.07, 6.45) is 1.75. The molecule has 1 aromatic heterocycles. The van der Waals surface area contributed by atoms with Crippen molar-refractivity contribution in [1.82, 2.24) is 19.7 Å². The van der Waals surface area contributed by atoms with Crippen molar-refractivity contribution in [3.8, 4) is 0 Å². The molecular weight excluding hydrogens is 245 g/mol. The molecule has 1 atom stereocenters. The van der Waals surface area contributed by atoms with E-state index in [9.17, 15) is 4.39 Å². The van der Waals surface area contributed by atoms with Crippen LogP contribution >= 0.6 is 0 Å². The number of benzene rings is 1. The fraction of sp³-hybridized carbons (Fsp3) is 0.385. The summed E-state index contributed by atoms with van der Waals surface area (Å²) in [5.74, 6) is 0.712. The SMILES string of the molecule is NC(CN1CCn2cnnc2C1)c1cccc(F)c1. The van der Waals surface area contributed by atoms with Crippen molar-refractivity contribution in [1.29, 1.82) is 0 Å². The lowest BCUT2D eigenvalue weighted by Crippen LogP contribution is -2.38. The first kappa shape index (κ1) is 12.3. The Labute approximate surface area is 110 Å². The Morgan fingerprint density at radius 2 is 2.26 bits per heavy atom. The first-order chi connectivity index (χ1) is 9.22. The quantitative estimate of drug-likeness (QED) is 0.893. The van der Waals surface area contributed by atoms with Gasteiger partial charge in [-0.1, -0.05) is 12.1 Å². The van der Waals surface area contributed by atoms with Crippen molar-refractivity contribution in [3.63, 3.8) is 0 Å². The second kappa shape index (κ2) is 5.07. The van der Waals surface area contributed by atoms with Gasteiger partial charge in [-0.05, 0) is 17.7 Å². The Morgan fingerprint density at radius 1 is 1.37 bits per heavy atom. The van der Waals surface area contributed by atoms with Crippen LogP contribution in [0.15, 0.2) is 30.6 Å². The van der Waals surface area contributed by atoms with E-state index in [1.807, 2.05) is 10.6 Å². The van der Waals surface area contributed by atoms with Crippen molar-refractivity contribution in [2.24, 2.45) is 5.73 Å². The van der Waals surface area contributed by atoms with Crippen LogP contribution in [0.4, 0.5) is 4.39 Å². The maximum absolute atomic E-state index is 13.2. The lowest BCUT2D eigenvalue weighted by Gasteiger charge is -2.29. The molecule has 1 aliphatic rings. The summed E-state index contributed by atoms with van der Waals surface area (Å²) in [5, 5.41) is 7.96. The van der Waals surface area contributed by atoms with Crippen LogP contribution in [-0.4, -0.2) is 32.8 Å². The Balaban J connectivity index is 1.66. The Morgan fingerprint density at radius 3 is 3.11 bits per heavy atom. The normalized spacial score (nSPS) is 17.2. The molecule has 0 radical (unpaired) electrons. The third-order valence-corrected chi connectivity index (χ3v) is 3.45. The molecule has 5 nitrogen and oxygen atoms in total. The van der Waals surface area contributed by atoms with Gasteiger partial charge >= 0.3 is 0 Å². The molecule has 1 unspecified atom stereocenters. The molecule has 100 valence electrons. The van der Waals surface area contributed by atoms with Crippen LogP contribution in [0.3, 0.4) is 0 Å². The topological polar surface area (TPSA) is 60.0 Å². The van der Waals surface area contributed by atoms with Crippen LogP contribution in [0.5, 0.6) is 0 Å². The molecule has 0 saturated carbocycles. The molecule has 0 amide bonds. The van der Waals surface area contributed by atoms with Crippen LogP contribution in [0.1, 0.15) is 17.4 Å². The fourth-order valence-electron chi connectivity index (χ4n) is 2.39. The minimum absolute atomic E-state index is 0.190. The van der Waals surface area contributed by atoms with Crippen molar-refractivity contribution in [2.45, 2.75) is 19.1 Å². The average Bonchev–Trinajstić information content (AvgIpc) is 2.86. The maximum atomic E-state index is 13.2. The van der Waals surface area contributed by atoms with Gasteiger partial charge < -0.3 is 10.3 Å². The molecule has 19 heavy (non-hydrogen) atoms. The second-order valence-corrected chi connectivity index (χ2v) is 4.84. The summed E-state index contributed by atoms with van der Waals surface area (Å²) >= 11 is 0. The highest BCUT2D eigenvalue weighted by atomic mass is 19.1. The van der Waals surface area contributed by atoms with Gasteiger partial charge in [0.25, 0.3) is 0 Å². The Kier molecular flexibility index (Phi) is 3.27. The van der Waals surface area contributed by atoms with E-state index in [0.717, 1.165) is 31.0 Å². The van der Waals surface area contributed by atoms with Crippen LogP contribution < -0.4 is 5.73 Å². The molecule has 1 aromatic carbocycles. The highest BCUT2D eigenvalue weighted by Gasteiger charge is 2.19.